The highest BCUT2D eigenvalue weighted by atomic mass is 32.1. The van der Waals surface area contributed by atoms with Gasteiger partial charge in [-0.1, -0.05) is 19.3 Å². The molecule has 1 atom stereocenters. The van der Waals surface area contributed by atoms with Gasteiger partial charge in [-0.25, -0.2) is 4.98 Å². The number of aromatic nitrogens is 1. The average molecular weight is 308 g/mol. The van der Waals surface area contributed by atoms with Crippen molar-refractivity contribution >= 4 is 11.3 Å². The number of nitrogens with zero attached hydrogens (tertiary/aromatic N) is 1. The lowest BCUT2D eigenvalue weighted by Gasteiger charge is -2.36. The minimum Gasteiger partial charge on any atom is -0.383 e. The maximum absolute atomic E-state index is 5.22. The van der Waals surface area contributed by atoms with Crippen LogP contribution in [-0.2, 0) is 23.1 Å². The predicted molar refractivity (Wildman–Crippen MR) is 87.9 cm³/mol. The number of hydrogen-bond donors (Lipinski definition) is 1. The van der Waals surface area contributed by atoms with Crippen molar-refractivity contribution in [2.75, 3.05) is 20.3 Å². The van der Waals surface area contributed by atoms with Gasteiger partial charge in [0.15, 0.2) is 0 Å². The third-order valence-corrected chi connectivity index (χ3v) is 6.48. The first kappa shape index (κ1) is 15.4. The zero-order chi connectivity index (χ0) is 14.7. The lowest BCUT2D eigenvalue weighted by molar-refractivity contribution is 0.164. The van der Waals surface area contributed by atoms with Crippen molar-refractivity contribution in [2.45, 2.75) is 63.8 Å². The molecule has 0 radical (unpaired) electrons. The molecule has 0 aromatic carbocycles. The number of methoxy groups -OCH3 is 1. The van der Waals surface area contributed by atoms with Gasteiger partial charge in [-0.2, -0.15) is 0 Å². The van der Waals surface area contributed by atoms with Crippen LogP contribution in [0.1, 0.15) is 61.0 Å². The van der Waals surface area contributed by atoms with E-state index in [0.29, 0.717) is 0 Å². The number of nitrogens with one attached hydrogen (secondary N) is 1. The fraction of sp³-hybridized carbons (Fsp3) is 0.824. The van der Waals surface area contributed by atoms with E-state index in [1.54, 1.807) is 12.0 Å². The van der Waals surface area contributed by atoms with Gasteiger partial charge < -0.3 is 10.1 Å². The third kappa shape index (κ3) is 3.49. The molecule has 0 amide bonds. The van der Waals surface area contributed by atoms with Gasteiger partial charge in [0.25, 0.3) is 0 Å². The Kier molecular flexibility index (Phi) is 4.97. The molecule has 0 aliphatic heterocycles. The normalized spacial score (nSPS) is 21.6. The molecule has 4 heteroatoms. The Labute approximate surface area is 132 Å². The molecule has 1 unspecified atom stereocenters. The number of thiazole rings is 1. The third-order valence-electron chi connectivity index (χ3n) is 5.06. The first-order chi connectivity index (χ1) is 10.2. The Balaban J connectivity index is 1.77. The molecule has 1 heterocycles. The monoisotopic (exact) mass is 308 g/mol. The summed E-state index contributed by atoms with van der Waals surface area (Å²) in [6.07, 6.45) is 10.5. The van der Waals surface area contributed by atoms with Gasteiger partial charge >= 0.3 is 0 Å². The maximum Gasteiger partial charge on any atom is 0.113 e. The molecule has 1 aromatic heterocycles. The Morgan fingerprint density at radius 3 is 2.76 bits per heavy atom. The summed E-state index contributed by atoms with van der Waals surface area (Å²) in [5.74, 6) is 0.881. The second-order valence-electron chi connectivity index (χ2n) is 6.85. The Morgan fingerprint density at radius 1 is 1.29 bits per heavy atom. The van der Waals surface area contributed by atoms with Gasteiger partial charge in [-0.15, -0.1) is 11.3 Å². The topological polar surface area (TPSA) is 34.1 Å². The zero-order valence-electron chi connectivity index (χ0n) is 13.4. The second kappa shape index (κ2) is 6.76. The molecule has 0 bridgehead atoms. The Morgan fingerprint density at radius 2 is 2.10 bits per heavy atom. The molecule has 0 spiro atoms. The largest absolute Gasteiger partial charge is 0.383 e. The SMILES string of the molecule is COCCNC(C)(CC1CCC1)c1nc2c(s1)CCCC2. The van der Waals surface area contributed by atoms with E-state index < -0.39 is 0 Å². The minimum atomic E-state index is 0.0334. The van der Waals surface area contributed by atoms with Crippen molar-refractivity contribution < 1.29 is 4.74 Å². The molecule has 1 aromatic rings. The van der Waals surface area contributed by atoms with Gasteiger partial charge in [0.1, 0.15) is 5.01 Å². The number of hydrogen-bond acceptors (Lipinski definition) is 4. The van der Waals surface area contributed by atoms with Crippen LogP contribution in [0.2, 0.25) is 0 Å². The molecule has 1 N–H and O–H groups in total. The van der Waals surface area contributed by atoms with Crippen molar-refractivity contribution in [1.29, 1.82) is 0 Å². The van der Waals surface area contributed by atoms with Crippen LogP contribution in [0.15, 0.2) is 0 Å². The fourth-order valence-corrected chi connectivity index (χ4v) is 4.81. The van der Waals surface area contributed by atoms with E-state index in [1.807, 2.05) is 11.3 Å². The van der Waals surface area contributed by atoms with Gasteiger partial charge in [0, 0.05) is 18.5 Å². The first-order valence-electron chi connectivity index (χ1n) is 8.44. The van der Waals surface area contributed by atoms with E-state index in [4.69, 9.17) is 9.72 Å². The van der Waals surface area contributed by atoms with Gasteiger partial charge in [-0.05, 0) is 44.9 Å². The number of rotatable bonds is 7. The molecule has 3 rings (SSSR count). The summed E-state index contributed by atoms with van der Waals surface area (Å²) in [5.41, 5.74) is 1.42. The van der Waals surface area contributed by atoms with E-state index in [9.17, 15) is 0 Å². The summed E-state index contributed by atoms with van der Waals surface area (Å²) in [5, 5.41) is 5.06. The van der Waals surface area contributed by atoms with Crippen LogP contribution < -0.4 is 5.32 Å². The van der Waals surface area contributed by atoms with E-state index in [2.05, 4.69) is 12.2 Å². The average Bonchev–Trinajstić information content (AvgIpc) is 2.88. The van der Waals surface area contributed by atoms with E-state index >= 15 is 0 Å². The highest BCUT2D eigenvalue weighted by Gasteiger charge is 2.35. The minimum absolute atomic E-state index is 0.0334. The van der Waals surface area contributed by atoms with E-state index in [-0.39, 0.29) is 5.54 Å². The number of ether oxygens (including phenoxy) is 1. The van der Waals surface area contributed by atoms with Crippen molar-refractivity contribution in [3.05, 3.63) is 15.6 Å². The predicted octanol–water partition coefficient (Wildman–Crippen LogP) is 3.66. The summed E-state index contributed by atoms with van der Waals surface area (Å²) in [4.78, 5) is 6.57. The van der Waals surface area contributed by atoms with E-state index in [0.717, 1.165) is 19.1 Å². The van der Waals surface area contributed by atoms with E-state index in [1.165, 1.54) is 62.1 Å². The molecule has 1 fully saturated rings. The van der Waals surface area contributed by atoms with Crippen molar-refractivity contribution in [3.63, 3.8) is 0 Å². The van der Waals surface area contributed by atoms with Gasteiger partial charge in [0.2, 0.25) is 0 Å². The second-order valence-corrected chi connectivity index (χ2v) is 7.93. The van der Waals surface area contributed by atoms with Crippen LogP contribution in [0, 0.1) is 5.92 Å². The zero-order valence-corrected chi connectivity index (χ0v) is 14.2. The van der Waals surface area contributed by atoms with Gasteiger partial charge in [0.05, 0.1) is 17.8 Å². The molecular formula is C17H28N2OS. The molecular weight excluding hydrogens is 280 g/mol. The lowest BCUT2D eigenvalue weighted by Crippen LogP contribution is -2.43. The highest BCUT2D eigenvalue weighted by molar-refractivity contribution is 7.11. The van der Waals surface area contributed by atoms with Crippen molar-refractivity contribution in [2.24, 2.45) is 5.92 Å². The number of aryl methyl sites for hydroxylation is 2. The molecule has 2 aliphatic rings. The Bertz CT molecular complexity index is 446. The Hall–Kier alpha value is -0.450. The highest BCUT2D eigenvalue weighted by Crippen LogP contribution is 2.40. The maximum atomic E-state index is 5.22. The molecule has 1 saturated carbocycles. The molecule has 21 heavy (non-hydrogen) atoms. The molecule has 0 saturated heterocycles. The smallest absolute Gasteiger partial charge is 0.113 e. The van der Waals surface area contributed by atoms with Crippen LogP contribution in [0.3, 0.4) is 0 Å². The van der Waals surface area contributed by atoms with Crippen LogP contribution in [-0.4, -0.2) is 25.2 Å². The summed E-state index contributed by atoms with van der Waals surface area (Å²) < 4.78 is 5.22. The first-order valence-corrected chi connectivity index (χ1v) is 9.26. The number of fused-ring (bicyclic) bond motifs is 1. The lowest BCUT2D eigenvalue weighted by atomic mass is 9.76. The van der Waals surface area contributed by atoms with Crippen LogP contribution >= 0.6 is 11.3 Å². The van der Waals surface area contributed by atoms with Crippen LogP contribution in [0.5, 0.6) is 0 Å². The van der Waals surface area contributed by atoms with Crippen LogP contribution in [0.25, 0.3) is 0 Å². The van der Waals surface area contributed by atoms with Crippen molar-refractivity contribution in [3.8, 4) is 0 Å². The summed E-state index contributed by atoms with van der Waals surface area (Å²) in [6, 6.07) is 0. The van der Waals surface area contributed by atoms with Crippen LogP contribution in [0.4, 0.5) is 0 Å². The standard InChI is InChI=1S/C17H28N2OS/c1-17(18-10-11-20-2,12-13-6-5-7-13)16-19-14-8-3-4-9-15(14)21-16/h13,18H,3-12H2,1-2H3. The van der Waals surface area contributed by atoms with Crippen molar-refractivity contribution in [1.82, 2.24) is 10.3 Å². The quantitative estimate of drug-likeness (QED) is 0.781. The molecule has 118 valence electrons. The molecule has 3 nitrogen and oxygen atoms in total. The summed E-state index contributed by atoms with van der Waals surface area (Å²) in [7, 11) is 1.77. The molecule has 2 aliphatic carbocycles. The summed E-state index contributed by atoms with van der Waals surface area (Å²) >= 11 is 1.96. The van der Waals surface area contributed by atoms with Gasteiger partial charge in [-0.3, -0.25) is 0 Å². The fourth-order valence-electron chi connectivity index (χ4n) is 3.53. The summed E-state index contributed by atoms with van der Waals surface area (Å²) in [6.45, 7) is 4.03.